The number of benzene rings is 2. The summed E-state index contributed by atoms with van der Waals surface area (Å²) in [6, 6.07) is 13.0. The lowest BCUT2D eigenvalue weighted by molar-refractivity contribution is -0.140. The molecule has 0 aliphatic heterocycles. The molecule has 6 heteroatoms. The molecule has 32 heavy (non-hydrogen) atoms. The minimum absolute atomic E-state index is 0.00629. The lowest BCUT2D eigenvalue weighted by atomic mass is 9.86. The number of carbonyl (C=O) groups is 2. The molecule has 0 fully saturated rings. The molecule has 174 valence electrons. The van der Waals surface area contributed by atoms with Crippen molar-refractivity contribution in [2.45, 2.75) is 78.4 Å². The van der Waals surface area contributed by atoms with E-state index in [1.807, 2.05) is 19.9 Å². The fourth-order valence-corrected chi connectivity index (χ4v) is 3.71. The molecule has 0 heterocycles. The highest BCUT2D eigenvalue weighted by atomic mass is 35.5. The summed E-state index contributed by atoms with van der Waals surface area (Å²) >= 11 is 12.2. The van der Waals surface area contributed by atoms with Crippen LogP contribution in [0.25, 0.3) is 0 Å². The van der Waals surface area contributed by atoms with Gasteiger partial charge in [0.25, 0.3) is 0 Å². The van der Waals surface area contributed by atoms with Crippen LogP contribution in [0.2, 0.25) is 10.0 Å². The van der Waals surface area contributed by atoms with Crippen LogP contribution in [0.1, 0.15) is 64.7 Å². The van der Waals surface area contributed by atoms with Gasteiger partial charge >= 0.3 is 0 Å². The van der Waals surface area contributed by atoms with Crippen molar-refractivity contribution in [3.8, 4) is 0 Å². The first kappa shape index (κ1) is 26.2. The first-order chi connectivity index (χ1) is 14.9. The fraction of sp³-hybridized carbons (Fsp3) is 0.462. The smallest absolute Gasteiger partial charge is 0.242 e. The van der Waals surface area contributed by atoms with Crippen molar-refractivity contribution in [1.29, 1.82) is 0 Å². The minimum atomic E-state index is -0.609. The van der Waals surface area contributed by atoms with E-state index < -0.39 is 6.04 Å². The predicted molar refractivity (Wildman–Crippen MR) is 133 cm³/mol. The highest BCUT2D eigenvalue weighted by Gasteiger charge is 2.26. The van der Waals surface area contributed by atoms with E-state index in [1.54, 1.807) is 24.0 Å². The van der Waals surface area contributed by atoms with Crippen LogP contribution in [0, 0.1) is 0 Å². The zero-order valence-corrected chi connectivity index (χ0v) is 21.3. The van der Waals surface area contributed by atoms with Crippen molar-refractivity contribution in [3.63, 3.8) is 0 Å². The van der Waals surface area contributed by atoms with Crippen molar-refractivity contribution >= 4 is 35.0 Å². The summed E-state index contributed by atoms with van der Waals surface area (Å²) in [5.74, 6) is -0.259. The summed E-state index contributed by atoms with van der Waals surface area (Å²) in [7, 11) is 0. The second-order valence-electron chi connectivity index (χ2n) is 9.56. The average molecular weight is 477 g/mol. The number of nitrogens with one attached hydrogen (secondary N) is 1. The van der Waals surface area contributed by atoms with Crippen LogP contribution in [-0.4, -0.2) is 28.8 Å². The quantitative estimate of drug-likeness (QED) is 0.495. The molecular formula is C26H34Cl2N2O2. The number of rotatable bonds is 8. The fourth-order valence-electron chi connectivity index (χ4n) is 3.39. The Kier molecular flexibility index (Phi) is 9.18. The lowest BCUT2D eigenvalue weighted by Gasteiger charge is -2.29. The van der Waals surface area contributed by atoms with E-state index in [9.17, 15) is 9.59 Å². The maximum atomic E-state index is 13.2. The van der Waals surface area contributed by atoms with E-state index >= 15 is 0 Å². The molecular weight excluding hydrogens is 443 g/mol. The van der Waals surface area contributed by atoms with Crippen molar-refractivity contribution in [3.05, 3.63) is 69.2 Å². The average Bonchev–Trinajstić information content (AvgIpc) is 2.71. The normalized spacial score (nSPS) is 12.5. The number of hydrogen-bond acceptors (Lipinski definition) is 2. The van der Waals surface area contributed by atoms with Crippen LogP contribution in [-0.2, 0) is 28.0 Å². The first-order valence-electron chi connectivity index (χ1n) is 11.0. The molecule has 0 spiro atoms. The van der Waals surface area contributed by atoms with Crippen LogP contribution in [0.15, 0.2) is 42.5 Å². The molecule has 1 N–H and O–H groups in total. The Morgan fingerprint density at radius 3 is 2.06 bits per heavy atom. The Morgan fingerprint density at radius 2 is 1.53 bits per heavy atom. The van der Waals surface area contributed by atoms with E-state index in [-0.39, 0.29) is 29.8 Å². The largest absolute Gasteiger partial charge is 0.352 e. The van der Waals surface area contributed by atoms with E-state index in [2.05, 4.69) is 50.4 Å². The summed E-state index contributed by atoms with van der Waals surface area (Å²) in [6.45, 7) is 12.4. The number of amides is 2. The third kappa shape index (κ3) is 7.53. The summed E-state index contributed by atoms with van der Waals surface area (Å²) in [6.07, 6.45) is 0.926. The van der Waals surface area contributed by atoms with E-state index in [4.69, 9.17) is 23.2 Å². The monoisotopic (exact) mass is 476 g/mol. The predicted octanol–water partition coefficient (Wildman–Crippen LogP) is 6.17. The van der Waals surface area contributed by atoms with Crippen molar-refractivity contribution in [2.24, 2.45) is 0 Å². The molecule has 0 saturated heterocycles. The molecule has 0 saturated carbocycles. The van der Waals surface area contributed by atoms with Crippen molar-refractivity contribution in [2.75, 3.05) is 0 Å². The summed E-state index contributed by atoms with van der Waals surface area (Å²) in [5.41, 5.74) is 3.27. The molecule has 2 aromatic rings. The van der Waals surface area contributed by atoms with Gasteiger partial charge in [-0.1, -0.05) is 74.3 Å². The molecule has 0 bridgehead atoms. The van der Waals surface area contributed by atoms with E-state index in [0.29, 0.717) is 22.9 Å². The molecule has 0 aromatic heterocycles. The third-order valence-corrected chi connectivity index (χ3v) is 6.12. The number of nitrogens with zero attached hydrogens (tertiary/aromatic N) is 1. The second kappa shape index (κ2) is 11.2. The van der Waals surface area contributed by atoms with Crippen LogP contribution < -0.4 is 5.32 Å². The highest BCUT2D eigenvalue weighted by molar-refractivity contribution is 6.42. The number of hydrogen-bond donors (Lipinski definition) is 1. The van der Waals surface area contributed by atoms with Gasteiger partial charge in [0.1, 0.15) is 6.04 Å². The van der Waals surface area contributed by atoms with Gasteiger partial charge in [-0.15, -0.1) is 0 Å². The van der Waals surface area contributed by atoms with Crippen LogP contribution in [0.3, 0.4) is 0 Å². The SMILES string of the molecule is CC(C)NC(=O)C(C)N(Cc1ccc(Cl)c(Cl)c1)C(=O)CCc1ccc(C(C)(C)C)cc1. The van der Waals surface area contributed by atoms with Crippen LogP contribution in [0.5, 0.6) is 0 Å². The van der Waals surface area contributed by atoms with Crippen molar-refractivity contribution in [1.82, 2.24) is 10.2 Å². The Labute approximate surface area is 202 Å². The van der Waals surface area contributed by atoms with Crippen LogP contribution >= 0.6 is 23.2 Å². The molecule has 2 rings (SSSR count). The van der Waals surface area contributed by atoms with Crippen LogP contribution in [0.4, 0.5) is 0 Å². The van der Waals surface area contributed by atoms with Gasteiger partial charge in [0.05, 0.1) is 10.0 Å². The summed E-state index contributed by atoms with van der Waals surface area (Å²) in [5, 5.41) is 3.78. The van der Waals surface area contributed by atoms with E-state index in [0.717, 1.165) is 11.1 Å². The van der Waals surface area contributed by atoms with Gasteiger partial charge in [-0.05, 0) is 61.4 Å². The maximum Gasteiger partial charge on any atom is 0.242 e. The zero-order valence-electron chi connectivity index (χ0n) is 19.8. The Balaban J connectivity index is 2.16. The summed E-state index contributed by atoms with van der Waals surface area (Å²) < 4.78 is 0. The third-order valence-electron chi connectivity index (χ3n) is 5.38. The number of carbonyl (C=O) groups excluding carboxylic acids is 2. The second-order valence-corrected chi connectivity index (χ2v) is 10.4. The van der Waals surface area contributed by atoms with Gasteiger partial charge in [-0.2, -0.15) is 0 Å². The Morgan fingerprint density at radius 1 is 0.938 bits per heavy atom. The molecule has 0 aliphatic rings. The molecule has 4 nitrogen and oxygen atoms in total. The molecule has 0 aliphatic carbocycles. The molecule has 0 radical (unpaired) electrons. The molecule has 2 amide bonds. The number of halogens is 2. The van der Waals surface area contributed by atoms with Gasteiger partial charge in [0.15, 0.2) is 0 Å². The van der Waals surface area contributed by atoms with Crippen molar-refractivity contribution < 1.29 is 9.59 Å². The summed E-state index contributed by atoms with van der Waals surface area (Å²) in [4.78, 5) is 27.5. The first-order valence-corrected chi connectivity index (χ1v) is 11.8. The molecule has 1 atom stereocenters. The Hall–Kier alpha value is -2.04. The maximum absolute atomic E-state index is 13.2. The molecule has 1 unspecified atom stereocenters. The van der Waals surface area contributed by atoms with E-state index in [1.165, 1.54) is 5.56 Å². The molecule has 2 aromatic carbocycles. The number of aryl methyl sites for hydroxylation is 1. The topological polar surface area (TPSA) is 49.4 Å². The lowest BCUT2D eigenvalue weighted by Crippen LogP contribution is -2.49. The van der Waals surface area contributed by atoms with Gasteiger partial charge in [0.2, 0.25) is 11.8 Å². The van der Waals surface area contributed by atoms with Gasteiger partial charge in [-0.25, -0.2) is 0 Å². The Bertz CT molecular complexity index is 934. The van der Waals surface area contributed by atoms with Gasteiger partial charge in [-0.3, -0.25) is 9.59 Å². The zero-order chi connectivity index (χ0) is 24.1. The van der Waals surface area contributed by atoms with Gasteiger partial charge in [0, 0.05) is 19.0 Å². The highest BCUT2D eigenvalue weighted by Crippen LogP contribution is 2.25. The minimum Gasteiger partial charge on any atom is -0.352 e. The van der Waals surface area contributed by atoms with Gasteiger partial charge < -0.3 is 10.2 Å². The standard InChI is InChI=1S/C26H34Cl2N2O2/c1-17(2)29-25(32)18(3)30(16-20-9-13-22(27)23(28)15-20)24(31)14-10-19-7-11-21(12-8-19)26(4,5)6/h7-9,11-13,15,17-18H,10,14,16H2,1-6H3,(H,29,32).